The van der Waals surface area contributed by atoms with Crippen LogP contribution in [-0.2, 0) is 14.8 Å². The molecule has 0 unspecified atom stereocenters. The molecule has 0 fully saturated rings. The zero-order valence-corrected chi connectivity index (χ0v) is 17.6. The second-order valence-electron chi connectivity index (χ2n) is 7.44. The van der Waals surface area contributed by atoms with E-state index >= 15 is 0 Å². The number of nitrogens with zero attached hydrogens (tertiary/aromatic N) is 1. The maximum absolute atomic E-state index is 13.0. The van der Waals surface area contributed by atoms with E-state index in [0.29, 0.717) is 18.4 Å². The molecule has 0 spiro atoms. The quantitative estimate of drug-likeness (QED) is 0.532. The molecule has 27 heavy (non-hydrogen) atoms. The molecule has 0 saturated carbocycles. The van der Waals surface area contributed by atoms with Crippen LogP contribution in [0.1, 0.15) is 76.7 Å². The number of benzene rings is 1. The Balaban J connectivity index is 2.09. The molecular weight excluding hydrogens is 358 g/mol. The van der Waals surface area contributed by atoms with Crippen molar-refractivity contribution >= 4 is 15.9 Å². The molecule has 0 radical (unpaired) electrons. The number of rotatable bonds is 9. The molecule has 0 aliphatic carbocycles. The first kappa shape index (κ1) is 21.7. The van der Waals surface area contributed by atoms with Crippen molar-refractivity contribution in [1.29, 1.82) is 0 Å². The van der Waals surface area contributed by atoms with E-state index in [0.717, 1.165) is 35.6 Å². The number of allylic oxidation sites excluding steroid dienone is 1. The van der Waals surface area contributed by atoms with Gasteiger partial charge in [0.25, 0.3) is 15.9 Å². The fourth-order valence-electron chi connectivity index (χ4n) is 3.40. The summed E-state index contributed by atoms with van der Waals surface area (Å²) in [7, 11) is -3.80. The van der Waals surface area contributed by atoms with Crippen LogP contribution in [0.5, 0.6) is 0 Å². The Morgan fingerprint density at radius 2 is 1.63 bits per heavy atom. The van der Waals surface area contributed by atoms with Gasteiger partial charge in [-0.15, -0.1) is 0 Å². The Kier molecular flexibility index (Phi) is 8.55. The lowest BCUT2D eigenvalue weighted by Crippen LogP contribution is -2.39. The molecule has 2 rings (SSSR count). The normalized spacial score (nSPS) is 17.9. The molecule has 1 aliphatic heterocycles. The number of hydrogen-bond donors (Lipinski definition) is 0. The second-order valence-corrected chi connectivity index (χ2v) is 9.30. The van der Waals surface area contributed by atoms with Gasteiger partial charge >= 0.3 is 0 Å². The van der Waals surface area contributed by atoms with E-state index in [-0.39, 0.29) is 17.3 Å². The van der Waals surface area contributed by atoms with Crippen LogP contribution in [0.4, 0.5) is 0 Å². The van der Waals surface area contributed by atoms with Crippen molar-refractivity contribution in [2.45, 2.75) is 83.0 Å². The predicted molar refractivity (Wildman–Crippen MR) is 110 cm³/mol. The Hall–Kier alpha value is -1.62. The highest BCUT2D eigenvalue weighted by Gasteiger charge is 2.31. The standard InChI is InChI=1S/C22H33NO3S/c1-3-4-5-6-7-9-12-20-13-10-8-11-18-23(22(20)24)27(25,26)21-16-14-19(2)15-17-21/h13-17H,3-12,18H2,1-2H3/b20-13-. The molecule has 5 heteroatoms. The van der Waals surface area contributed by atoms with Gasteiger partial charge in [0.15, 0.2) is 0 Å². The highest BCUT2D eigenvalue weighted by atomic mass is 32.2. The first-order valence-electron chi connectivity index (χ1n) is 10.3. The van der Waals surface area contributed by atoms with E-state index in [9.17, 15) is 13.2 Å². The van der Waals surface area contributed by atoms with Crippen molar-refractivity contribution in [3.8, 4) is 0 Å². The Morgan fingerprint density at radius 1 is 0.963 bits per heavy atom. The number of amides is 1. The molecule has 1 aromatic rings. The van der Waals surface area contributed by atoms with Gasteiger partial charge in [-0.1, -0.05) is 62.8 Å². The van der Waals surface area contributed by atoms with Crippen molar-refractivity contribution in [3.63, 3.8) is 0 Å². The zero-order chi connectivity index (χ0) is 19.7. The molecule has 1 aromatic carbocycles. The van der Waals surface area contributed by atoms with Crippen LogP contribution in [0, 0.1) is 6.92 Å². The summed E-state index contributed by atoms with van der Waals surface area (Å²) in [5, 5.41) is 0. The van der Waals surface area contributed by atoms with Gasteiger partial charge in [0.1, 0.15) is 0 Å². The number of carbonyl (C=O) groups excluding carboxylic acids is 1. The van der Waals surface area contributed by atoms with E-state index in [1.807, 2.05) is 13.0 Å². The van der Waals surface area contributed by atoms with Crippen LogP contribution < -0.4 is 0 Å². The Morgan fingerprint density at radius 3 is 2.33 bits per heavy atom. The van der Waals surface area contributed by atoms with E-state index in [1.165, 1.54) is 25.7 Å². The first-order valence-corrected chi connectivity index (χ1v) is 11.7. The molecule has 0 bridgehead atoms. The molecule has 0 atom stereocenters. The van der Waals surface area contributed by atoms with Crippen LogP contribution in [0.25, 0.3) is 0 Å². The van der Waals surface area contributed by atoms with Gasteiger partial charge in [-0.2, -0.15) is 0 Å². The minimum absolute atomic E-state index is 0.195. The van der Waals surface area contributed by atoms with Gasteiger partial charge in [-0.05, 0) is 51.2 Å². The maximum Gasteiger partial charge on any atom is 0.266 e. The van der Waals surface area contributed by atoms with E-state index in [2.05, 4.69) is 6.92 Å². The van der Waals surface area contributed by atoms with E-state index in [4.69, 9.17) is 0 Å². The summed E-state index contributed by atoms with van der Waals surface area (Å²) in [6.07, 6.45) is 12.0. The number of aryl methyl sites for hydroxylation is 1. The van der Waals surface area contributed by atoms with E-state index < -0.39 is 10.0 Å². The van der Waals surface area contributed by atoms with Crippen LogP contribution >= 0.6 is 0 Å². The number of sulfonamides is 1. The summed E-state index contributed by atoms with van der Waals surface area (Å²) < 4.78 is 27.2. The maximum atomic E-state index is 13.0. The molecule has 150 valence electrons. The summed E-state index contributed by atoms with van der Waals surface area (Å²) in [5.41, 5.74) is 1.66. The molecule has 1 aliphatic rings. The van der Waals surface area contributed by atoms with Crippen molar-refractivity contribution in [3.05, 3.63) is 41.5 Å². The number of hydrogen-bond acceptors (Lipinski definition) is 3. The largest absolute Gasteiger partial charge is 0.268 e. The summed E-state index contributed by atoms with van der Waals surface area (Å²) >= 11 is 0. The highest BCUT2D eigenvalue weighted by Crippen LogP contribution is 2.24. The summed E-state index contributed by atoms with van der Waals surface area (Å²) in [6.45, 7) is 4.38. The SMILES string of the molecule is CCCCCCCC/C1=C/CCCCN(S(=O)(=O)c2ccc(C)cc2)C1=O. The third kappa shape index (κ3) is 6.20. The van der Waals surface area contributed by atoms with Gasteiger partial charge < -0.3 is 0 Å². The average Bonchev–Trinajstić information content (AvgIpc) is 2.63. The van der Waals surface area contributed by atoms with Gasteiger partial charge in [-0.25, -0.2) is 12.7 Å². The Labute approximate surface area is 164 Å². The molecule has 0 aromatic heterocycles. The van der Waals surface area contributed by atoms with Gasteiger partial charge in [-0.3, -0.25) is 4.79 Å². The zero-order valence-electron chi connectivity index (χ0n) is 16.7. The fraction of sp³-hybridized carbons (Fsp3) is 0.591. The smallest absolute Gasteiger partial charge is 0.266 e. The minimum Gasteiger partial charge on any atom is -0.268 e. The van der Waals surface area contributed by atoms with Gasteiger partial charge in [0.05, 0.1) is 4.90 Å². The fourth-order valence-corrected chi connectivity index (χ4v) is 4.84. The lowest BCUT2D eigenvalue weighted by molar-refractivity contribution is -0.123. The van der Waals surface area contributed by atoms with Crippen LogP contribution in [0.2, 0.25) is 0 Å². The van der Waals surface area contributed by atoms with Crippen molar-refractivity contribution in [2.24, 2.45) is 0 Å². The highest BCUT2D eigenvalue weighted by molar-refractivity contribution is 7.89. The molecular formula is C22H33NO3S. The van der Waals surface area contributed by atoms with E-state index in [1.54, 1.807) is 24.3 Å². The summed E-state index contributed by atoms with van der Waals surface area (Å²) in [5.74, 6) is -0.330. The average molecular weight is 392 g/mol. The molecule has 4 nitrogen and oxygen atoms in total. The predicted octanol–water partition coefficient (Wildman–Crippen LogP) is 5.37. The molecule has 0 N–H and O–H groups in total. The summed E-state index contributed by atoms with van der Waals surface area (Å²) in [6, 6.07) is 6.73. The van der Waals surface area contributed by atoms with Crippen molar-refractivity contribution < 1.29 is 13.2 Å². The van der Waals surface area contributed by atoms with Gasteiger partial charge in [0.2, 0.25) is 0 Å². The topological polar surface area (TPSA) is 54.5 Å². The summed E-state index contributed by atoms with van der Waals surface area (Å²) in [4.78, 5) is 13.2. The van der Waals surface area contributed by atoms with Crippen LogP contribution in [-0.4, -0.2) is 25.2 Å². The lowest BCUT2D eigenvalue weighted by atomic mass is 10.0. The Bertz CT molecular complexity index is 735. The second kappa shape index (κ2) is 10.6. The molecule has 1 amide bonds. The number of unbranched alkanes of at least 4 members (excludes halogenated alkanes) is 5. The van der Waals surface area contributed by atoms with Crippen molar-refractivity contribution in [1.82, 2.24) is 4.31 Å². The monoisotopic (exact) mass is 391 g/mol. The first-order chi connectivity index (χ1) is 13.0. The third-order valence-corrected chi connectivity index (χ3v) is 6.91. The van der Waals surface area contributed by atoms with Crippen LogP contribution in [0.3, 0.4) is 0 Å². The van der Waals surface area contributed by atoms with Crippen LogP contribution in [0.15, 0.2) is 40.8 Å². The van der Waals surface area contributed by atoms with Gasteiger partial charge in [0, 0.05) is 12.1 Å². The van der Waals surface area contributed by atoms with Crippen molar-refractivity contribution in [2.75, 3.05) is 6.54 Å². The minimum atomic E-state index is -3.80. The molecule has 1 heterocycles. The third-order valence-electron chi connectivity index (χ3n) is 5.12. The molecule has 0 saturated heterocycles. The lowest BCUT2D eigenvalue weighted by Gasteiger charge is -2.25. The number of carbonyl (C=O) groups is 1.